The normalized spacial score (nSPS) is 10.6. The van der Waals surface area contributed by atoms with Gasteiger partial charge >= 0.3 is 0 Å². The van der Waals surface area contributed by atoms with Crippen LogP contribution < -0.4 is 10.6 Å². The van der Waals surface area contributed by atoms with Crippen molar-refractivity contribution in [2.75, 3.05) is 19.4 Å². The number of aryl methyl sites for hydroxylation is 1. The lowest BCUT2D eigenvalue weighted by Gasteiger charge is -2.07. The van der Waals surface area contributed by atoms with Crippen LogP contribution in [0.15, 0.2) is 36.5 Å². The van der Waals surface area contributed by atoms with Crippen molar-refractivity contribution in [3.63, 3.8) is 0 Å². The van der Waals surface area contributed by atoms with Crippen LogP contribution in [0.1, 0.15) is 15.9 Å². The Balaban J connectivity index is 2.19. The van der Waals surface area contributed by atoms with E-state index < -0.39 is 0 Å². The molecular formula is C18H18ClN5O. The van der Waals surface area contributed by atoms with Crippen LogP contribution in [-0.4, -0.2) is 35.0 Å². The molecule has 2 heterocycles. The molecule has 1 aromatic carbocycles. The fraction of sp³-hybridized carbons (Fsp3) is 0.167. The first-order chi connectivity index (χ1) is 12.0. The van der Waals surface area contributed by atoms with Crippen molar-refractivity contribution in [3.05, 3.63) is 52.7 Å². The summed E-state index contributed by atoms with van der Waals surface area (Å²) in [4.78, 5) is 24.2. The number of benzene rings is 1. The highest BCUT2D eigenvalue weighted by atomic mass is 35.5. The number of nitrogens with zero attached hydrogens (tertiary/aromatic N) is 2. The lowest BCUT2D eigenvalue weighted by atomic mass is 10.0. The molecule has 0 radical (unpaired) electrons. The Hall–Kier alpha value is -2.86. The van der Waals surface area contributed by atoms with E-state index in [0.29, 0.717) is 27.9 Å². The quantitative estimate of drug-likeness (QED) is 0.669. The lowest BCUT2D eigenvalue weighted by molar-refractivity contribution is 0.0964. The molecule has 0 saturated heterocycles. The highest BCUT2D eigenvalue weighted by Gasteiger charge is 2.19. The smallest absolute Gasteiger partial charge is 0.253 e. The third kappa shape index (κ3) is 3.34. The zero-order valence-electron chi connectivity index (χ0n) is 14.1. The molecule has 1 amide bonds. The first-order valence-electron chi connectivity index (χ1n) is 7.76. The van der Waals surface area contributed by atoms with Gasteiger partial charge in [0.1, 0.15) is 0 Å². The number of rotatable bonds is 4. The number of amides is 1. The summed E-state index contributed by atoms with van der Waals surface area (Å²) in [5.74, 6) is 0.328. The summed E-state index contributed by atoms with van der Waals surface area (Å²) >= 11 is 6.15. The lowest BCUT2D eigenvalue weighted by Crippen LogP contribution is -2.18. The summed E-state index contributed by atoms with van der Waals surface area (Å²) in [7, 11) is 3.36. The van der Waals surface area contributed by atoms with Gasteiger partial charge in [-0.3, -0.25) is 4.79 Å². The minimum absolute atomic E-state index is 0.181. The van der Waals surface area contributed by atoms with E-state index in [2.05, 4.69) is 25.6 Å². The van der Waals surface area contributed by atoms with Crippen LogP contribution in [0.5, 0.6) is 0 Å². The van der Waals surface area contributed by atoms with E-state index in [-0.39, 0.29) is 5.91 Å². The van der Waals surface area contributed by atoms with Crippen molar-refractivity contribution in [2.24, 2.45) is 0 Å². The maximum absolute atomic E-state index is 12.4. The fourth-order valence-electron chi connectivity index (χ4n) is 2.61. The van der Waals surface area contributed by atoms with Crippen LogP contribution in [0, 0.1) is 6.92 Å². The molecule has 0 spiro atoms. The van der Waals surface area contributed by atoms with Gasteiger partial charge in [0.15, 0.2) is 0 Å². The minimum Gasteiger partial charge on any atom is -0.357 e. The zero-order chi connectivity index (χ0) is 18.0. The summed E-state index contributed by atoms with van der Waals surface area (Å²) in [6, 6.07) is 9.17. The Morgan fingerprint density at radius 2 is 2.00 bits per heavy atom. The summed E-state index contributed by atoms with van der Waals surface area (Å²) in [5.41, 5.74) is 4.55. The summed E-state index contributed by atoms with van der Waals surface area (Å²) in [6.45, 7) is 1.98. The average molecular weight is 356 g/mol. The van der Waals surface area contributed by atoms with Crippen molar-refractivity contribution in [3.8, 4) is 22.6 Å². The average Bonchev–Trinajstić information content (AvgIpc) is 3.08. The van der Waals surface area contributed by atoms with Crippen molar-refractivity contribution < 1.29 is 4.79 Å². The van der Waals surface area contributed by atoms with Gasteiger partial charge in [0.05, 0.1) is 22.6 Å². The topological polar surface area (TPSA) is 82.7 Å². The second-order valence-corrected chi connectivity index (χ2v) is 5.96. The van der Waals surface area contributed by atoms with E-state index in [4.69, 9.17) is 11.6 Å². The molecule has 3 aromatic rings. The van der Waals surface area contributed by atoms with Crippen LogP contribution in [0.25, 0.3) is 22.6 Å². The third-order valence-electron chi connectivity index (χ3n) is 3.91. The van der Waals surface area contributed by atoms with E-state index in [1.54, 1.807) is 32.4 Å². The monoisotopic (exact) mass is 355 g/mol. The molecule has 0 unspecified atom stereocenters. The molecule has 6 nitrogen and oxygen atoms in total. The number of halogens is 1. The molecule has 0 saturated carbocycles. The molecule has 0 bridgehead atoms. The van der Waals surface area contributed by atoms with E-state index in [1.807, 2.05) is 25.1 Å². The van der Waals surface area contributed by atoms with Gasteiger partial charge in [0.2, 0.25) is 5.95 Å². The molecule has 3 N–H and O–H groups in total. The standard InChI is InChI=1S/C18H18ClN5O/c1-10-4-5-11(19)8-12(10)16-13(17(25)20-2)9-15(23-16)14-6-7-22-18(21-3)24-14/h4-9,23H,1-3H3,(H,20,25)(H,21,22,24). The zero-order valence-corrected chi connectivity index (χ0v) is 14.9. The minimum atomic E-state index is -0.181. The number of carbonyl (C=O) groups excluding carboxylic acids is 1. The highest BCUT2D eigenvalue weighted by molar-refractivity contribution is 6.31. The van der Waals surface area contributed by atoms with E-state index in [0.717, 1.165) is 16.8 Å². The Kier molecular flexibility index (Phi) is 4.72. The van der Waals surface area contributed by atoms with Crippen LogP contribution in [-0.2, 0) is 0 Å². The Labute approximate surface area is 150 Å². The molecule has 2 aromatic heterocycles. The largest absolute Gasteiger partial charge is 0.357 e. The van der Waals surface area contributed by atoms with Gasteiger partial charge in [-0.2, -0.15) is 0 Å². The first kappa shape index (κ1) is 17.0. The molecule has 25 heavy (non-hydrogen) atoms. The first-order valence-corrected chi connectivity index (χ1v) is 8.14. The van der Waals surface area contributed by atoms with Gasteiger partial charge in [-0.25, -0.2) is 9.97 Å². The van der Waals surface area contributed by atoms with Gasteiger partial charge in [-0.05, 0) is 36.8 Å². The number of carbonyl (C=O) groups is 1. The van der Waals surface area contributed by atoms with Crippen LogP contribution in [0.4, 0.5) is 5.95 Å². The third-order valence-corrected chi connectivity index (χ3v) is 4.15. The van der Waals surface area contributed by atoms with Crippen molar-refractivity contribution in [2.45, 2.75) is 6.92 Å². The molecule has 7 heteroatoms. The predicted octanol–water partition coefficient (Wildman–Crippen LogP) is 3.50. The summed E-state index contributed by atoms with van der Waals surface area (Å²) in [6.07, 6.45) is 1.67. The SMILES string of the molecule is CNC(=O)c1cc(-c2ccnc(NC)n2)[nH]c1-c1cc(Cl)ccc1C. The number of anilines is 1. The Morgan fingerprint density at radius 1 is 1.20 bits per heavy atom. The molecule has 0 aliphatic heterocycles. The summed E-state index contributed by atoms with van der Waals surface area (Å²) < 4.78 is 0. The molecule has 0 fully saturated rings. The highest BCUT2D eigenvalue weighted by Crippen LogP contribution is 2.32. The molecule has 3 rings (SSSR count). The molecule has 0 aliphatic carbocycles. The Morgan fingerprint density at radius 3 is 2.72 bits per heavy atom. The van der Waals surface area contributed by atoms with E-state index >= 15 is 0 Å². The predicted molar refractivity (Wildman–Crippen MR) is 99.9 cm³/mol. The van der Waals surface area contributed by atoms with Gasteiger partial charge in [0, 0.05) is 30.9 Å². The molecule has 0 aliphatic rings. The fourth-order valence-corrected chi connectivity index (χ4v) is 2.78. The number of nitrogens with one attached hydrogen (secondary N) is 3. The van der Waals surface area contributed by atoms with E-state index in [1.165, 1.54) is 0 Å². The second-order valence-electron chi connectivity index (χ2n) is 5.53. The molecule has 0 atom stereocenters. The van der Waals surface area contributed by atoms with Gasteiger partial charge in [-0.1, -0.05) is 17.7 Å². The van der Waals surface area contributed by atoms with Crippen LogP contribution >= 0.6 is 11.6 Å². The van der Waals surface area contributed by atoms with Crippen LogP contribution in [0.2, 0.25) is 5.02 Å². The van der Waals surface area contributed by atoms with Crippen molar-refractivity contribution in [1.82, 2.24) is 20.3 Å². The van der Waals surface area contributed by atoms with Gasteiger partial charge in [0.25, 0.3) is 5.91 Å². The Bertz CT molecular complexity index is 935. The summed E-state index contributed by atoms with van der Waals surface area (Å²) in [5, 5.41) is 6.19. The number of H-pyrrole nitrogens is 1. The van der Waals surface area contributed by atoms with Crippen molar-refractivity contribution in [1.29, 1.82) is 0 Å². The van der Waals surface area contributed by atoms with Gasteiger partial charge in [-0.15, -0.1) is 0 Å². The van der Waals surface area contributed by atoms with Crippen LogP contribution in [0.3, 0.4) is 0 Å². The second kappa shape index (κ2) is 6.94. The maximum Gasteiger partial charge on any atom is 0.253 e. The number of aromatic nitrogens is 3. The molecule has 128 valence electrons. The molecular weight excluding hydrogens is 338 g/mol. The maximum atomic E-state index is 12.4. The van der Waals surface area contributed by atoms with E-state index in [9.17, 15) is 4.79 Å². The number of hydrogen-bond acceptors (Lipinski definition) is 4. The van der Waals surface area contributed by atoms with Gasteiger partial charge < -0.3 is 15.6 Å². The number of hydrogen-bond donors (Lipinski definition) is 3. The number of aromatic amines is 1. The van der Waals surface area contributed by atoms with Crippen molar-refractivity contribution >= 4 is 23.5 Å².